The average molecular weight is 523 g/mol. The zero-order chi connectivity index (χ0) is 24.4. The van der Waals surface area contributed by atoms with Gasteiger partial charge in [-0.1, -0.05) is 0 Å². The van der Waals surface area contributed by atoms with Gasteiger partial charge in [0.1, 0.15) is 49.2 Å². The Morgan fingerprint density at radius 1 is 0.758 bits per heavy atom. The highest BCUT2D eigenvalue weighted by Crippen LogP contribution is 2.50. The summed E-state index contributed by atoms with van der Waals surface area (Å²) >= 11 is 0. The van der Waals surface area contributed by atoms with Crippen molar-refractivity contribution >= 4 is 15.6 Å². The Morgan fingerprint density at radius 3 is 1.67 bits per heavy atom. The van der Waals surface area contributed by atoms with E-state index in [1.54, 1.807) is 0 Å². The second-order valence-electron chi connectivity index (χ2n) is 7.91. The number of aliphatic hydroxyl groups excluding tert-OH is 2. The van der Waals surface area contributed by atoms with Crippen molar-refractivity contribution in [1.29, 1.82) is 0 Å². The van der Waals surface area contributed by atoms with Gasteiger partial charge in [0.15, 0.2) is 0 Å². The van der Waals surface area contributed by atoms with Crippen LogP contribution in [0.25, 0.3) is 0 Å². The molecule has 0 amide bonds. The molecule has 3 rings (SSSR count). The molecule has 3 saturated heterocycles. The molecule has 0 aromatic carbocycles. The van der Waals surface area contributed by atoms with Crippen molar-refractivity contribution < 1.29 is 61.4 Å². The van der Waals surface area contributed by atoms with Gasteiger partial charge in [-0.2, -0.15) is 0 Å². The molecule has 3 fully saturated rings. The first-order valence-corrected chi connectivity index (χ1v) is 13.2. The van der Waals surface area contributed by atoms with Crippen LogP contribution in [0.3, 0.4) is 0 Å². The maximum atomic E-state index is 12.3. The van der Waals surface area contributed by atoms with Crippen molar-refractivity contribution in [3.63, 3.8) is 0 Å². The van der Waals surface area contributed by atoms with Crippen molar-refractivity contribution in [2.45, 2.75) is 74.6 Å². The van der Waals surface area contributed by atoms with E-state index in [0.717, 1.165) is 0 Å². The van der Waals surface area contributed by atoms with Gasteiger partial charge < -0.3 is 51.4 Å². The molecule has 3 aliphatic heterocycles. The summed E-state index contributed by atoms with van der Waals surface area (Å²) in [4.78, 5) is 20.0. The Hall–Kier alpha value is -0.100. The van der Waals surface area contributed by atoms with E-state index >= 15 is 0 Å². The Balaban J connectivity index is 1.50. The summed E-state index contributed by atoms with van der Waals surface area (Å²) < 4.78 is 60.2. The summed E-state index contributed by atoms with van der Waals surface area (Å²) in [5.41, 5.74) is 16.8. The fourth-order valence-electron chi connectivity index (χ4n) is 3.68. The van der Waals surface area contributed by atoms with E-state index < -0.39 is 90.8 Å². The summed E-state index contributed by atoms with van der Waals surface area (Å²) in [6, 6.07) is 0. The molecule has 194 valence electrons. The Labute approximate surface area is 189 Å². The summed E-state index contributed by atoms with van der Waals surface area (Å²) in [5.74, 6) is 0. The molecule has 0 radical (unpaired) electrons. The topological polar surface area (TPSA) is 258 Å². The second-order valence-corrected chi connectivity index (χ2v) is 10.7. The SMILES string of the molecule is N[C@@H]1C[C@H](O)[C@H](COP(=O)(O)O[C@@H]2C[C@H](N)O[C@@H]2COP(=O)(O)O[C@@H]2C[C@@H](N)O[C@H]2CO)O1. The highest BCUT2D eigenvalue weighted by atomic mass is 31.2. The molecule has 16 nitrogen and oxygen atoms in total. The predicted octanol–water partition coefficient (Wildman–Crippen LogP) is -2.43. The number of phosphoric ester groups is 2. The van der Waals surface area contributed by atoms with E-state index in [2.05, 4.69) is 0 Å². The maximum absolute atomic E-state index is 12.3. The number of phosphoric acid groups is 2. The monoisotopic (exact) mass is 523 g/mol. The van der Waals surface area contributed by atoms with Crippen LogP contribution in [0.4, 0.5) is 0 Å². The lowest BCUT2D eigenvalue weighted by molar-refractivity contribution is -0.0431. The number of hydrogen-bond donors (Lipinski definition) is 7. The van der Waals surface area contributed by atoms with Gasteiger partial charge in [0, 0.05) is 19.3 Å². The van der Waals surface area contributed by atoms with Crippen LogP contribution >= 0.6 is 15.6 Å². The quantitative estimate of drug-likeness (QED) is 0.139. The van der Waals surface area contributed by atoms with E-state index in [1.165, 1.54) is 0 Å². The van der Waals surface area contributed by atoms with Crippen LogP contribution in [0.15, 0.2) is 0 Å². The molecule has 0 bridgehead atoms. The van der Waals surface area contributed by atoms with Crippen molar-refractivity contribution in [3.05, 3.63) is 0 Å². The van der Waals surface area contributed by atoms with Crippen LogP contribution in [0.2, 0.25) is 0 Å². The third-order valence-corrected chi connectivity index (χ3v) is 7.26. The van der Waals surface area contributed by atoms with Gasteiger partial charge in [0.2, 0.25) is 0 Å². The van der Waals surface area contributed by atoms with Crippen LogP contribution < -0.4 is 17.2 Å². The van der Waals surface area contributed by atoms with Gasteiger partial charge in [-0.05, 0) is 0 Å². The molecule has 0 spiro atoms. The normalized spacial score (nSPS) is 42.9. The highest BCUT2D eigenvalue weighted by Gasteiger charge is 2.44. The van der Waals surface area contributed by atoms with Crippen LogP contribution in [0, 0.1) is 0 Å². The minimum atomic E-state index is -4.66. The van der Waals surface area contributed by atoms with Crippen LogP contribution in [-0.2, 0) is 41.4 Å². The molecule has 10 N–H and O–H groups in total. The number of hydrogen-bond acceptors (Lipinski definition) is 14. The molecule has 18 heteroatoms. The molecule has 0 saturated carbocycles. The molecular formula is C15H31N3O13P2. The third kappa shape index (κ3) is 7.95. The molecular weight excluding hydrogens is 492 g/mol. The van der Waals surface area contributed by atoms with Crippen LogP contribution in [0.5, 0.6) is 0 Å². The molecule has 11 atom stereocenters. The number of rotatable bonds is 11. The Bertz CT molecular complexity index is 750. The molecule has 33 heavy (non-hydrogen) atoms. The van der Waals surface area contributed by atoms with Gasteiger partial charge in [0.25, 0.3) is 0 Å². The van der Waals surface area contributed by atoms with E-state index in [0.29, 0.717) is 0 Å². The summed E-state index contributed by atoms with van der Waals surface area (Å²) in [5, 5.41) is 19.0. The average Bonchev–Trinajstić information content (AvgIpc) is 3.33. The standard InChI is InChI=1S/C15H31N3O13P2/c16-13-1-7(20)11(28-13)5-25-32(21,22)31-9-3-15(18)29-12(9)6-26-33(23,24)30-8-2-14(17)27-10(8)4-19/h7-15,19-20H,1-6,16-18H2,(H,21,22)(H,23,24)/t7-,8+,9+,10-,11-,12+,13-,14-,15+/m0/s1. The predicted molar refractivity (Wildman–Crippen MR) is 107 cm³/mol. The van der Waals surface area contributed by atoms with E-state index in [9.17, 15) is 29.1 Å². The summed E-state index contributed by atoms with van der Waals surface area (Å²) in [6.07, 6.45) is -8.20. The lowest BCUT2D eigenvalue weighted by Gasteiger charge is -2.24. The fourth-order valence-corrected chi connectivity index (χ4v) is 5.60. The smallest absolute Gasteiger partial charge is 0.394 e. The number of nitrogens with two attached hydrogens (primary N) is 3. The Morgan fingerprint density at radius 2 is 1.18 bits per heavy atom. The first kappa shape index (κ1) is 27.5. The van der Waals surface area contributed by atoms with Gasteiger partial charge in [0.05, 0.1) is 25.9 Å². The van der Waals surface area contributed by atoms with Crippen molar-refractivity contribution in [2.75, 3.05) is 19.8 Å². The van der Waals surface area contributed by atoms with E-state index in [-0.39, 0.29) is 19.3 Å². The van der Waals surface area contributed by atoms with Crippen molar-refractivity contribution in [2.24, 2.45) is 17.2 Å². The molecule has 0 aromatic rings. The molecule has 0 aliphatic carbocycles. The second kappa shape index (κ2) is 11.3. The molecule has 3 aliphatic rings. The lowest BCUT2D eigenvalue weighted by Crippen LogP contribution is -2.31. The highest BCUT2D eigenvalue weighted by molar-refractivity contribution is 7.47. The molecule has 3 heterocycles. The zero-order valence-corrected chi connectivity index (χ0v) is 19.3. The summed E-state index contributed by atoms with van der Waals surface area (Å²) in [7, 11) is -9.31. The van der Waals surface area contributed by atoms with E-state index in [4.69, 9.17) is 49.5 Å². The number of aliphatic hydroxyl groups is 2. The van der Waals surface area contributed by atoms with Crippen LogP contribution in [-0.4, -0.2) is 95.1 Å². The van der Waals surface area contributed by atoms with Gasteiger partial charge >= 0.3 is 15.6 Å². The minimum absolute atomic E-state index is 0.0378. The van der Waals surface area contributed by atoms with Crippen molar-refractivity contribution in [3.8, 4) is 0 Å². The lowest BCUT2D eigenvalue weighted by atomic mass is 10.2. The first-order chi connectivity index (χ1) is 15.4. The minimum Gasteiger partial charge on any atom is -0.394 e. The molecule has 0 aromatic heterocycles. The van der Waals surface area contributed by atoms with Gasteiger partial charge in [-0.3, -0.25) is 18.1 Å². The summed E-state index contributed by atoms with van der Waals surface area (Å²) in [6.45, 7) is -1.51. The van der Waals surface area contributed by atoms with Crippen molar-refractivity contribution in [1.82, 2.24) is 0 Å². The van der Waals surface area contributed by atoms with Gasteiger partial charge in [-0.15, -0.1) is 0 Å². The Kier molecular flexibility index (Phi) is 9.42. The fraction of sp³-hybridized carbons (Fsp3) is 1.00. The largest absolute Gasteiger partial charge is 0.472 e. The molecule has 2 unspecified atom stereocenters. The van der Waals surface area contributed by atoms with Crippen LogP contribution in [0.1, 0.15) is 19.3 Å². The zero-order valence-electron chi connectivity index (χ0n) is 17.5. The third-order valence-electron chi connectivity index (χ3n) is 5.23. The van der Waals surface area contributed by atoms with E-state index in [1.807, 2.05) is 0 Å². The number of ether oxygens (including phenoxy) is 3. The van der Waals surface area contributed by atoms with Gasteiger partial charge in [-0.25, -0.2) is 9.13 Å². The maximum Gasteiger partial charge on any atom is 0.472 e. The first-order valence-electron chi connectivity index (χ1n) is 10.2.